The lowest BCUT2D eigenvalue weighted by Crippen LogP contribution is -2.30. The van der Waals surface area contributed by atoms with Crippen molar-refractivity contribution in [1.82, 2.24) is 0 Å². The van der Waals surface area contributed by atoms with Crippen LogP contribution in [0.5, 0.6) is 0 Å². The molecule has 20 heavy (non-hydrogen) atoms. The van der Waals surface area contributed by atoms with Crippen molar-refractivity contribution < 1.29 is 9.90 Å². The van der Waals surface area contributed by atoms with E-state index >= 15 is 0 Å². The molecule has 1 amide bonds. The molecular formula is C17H27NO2. The molecule has 1 aromatic rings. The first-order valence-electron chi connectivity index (χ1n) is 7.03. The third-order valence-electron chi connectivity index (χ3n) is 3.48. The van der Waals surface area contributed by atoms with E-state index in [9.17, 15) is 9.90 Å². The van der Waals surface area contributed by atoms with Crippen LogP contribution in [0.4, 0.5) is 0 Å². The molecule has 0 aromatic heterocycles. The predicted octanol–water partition coefficient (Wildman–Crippen LogP) is 2.67. The van der Waals surface area contributed by atoms with Crippen molar-refractivity contribution >= 4 is 5.91 Å². The lowest BCUT2D eigenvalue weighted by molar-refractivity contribution is -0.125. The maximum atomic E-state index is 11.0. The molecule has 3 nitrogen and oxygen atoms in total. The highest BCUT2D eigenvalue weighted by atomic mass is 16.3. The number of benzene rings is 1. The Labute approximate surface area is 122 Å². The summed E-state index contributed by atoms with van der Waals surface area (Å²) < 4.78 is 0. The number of nitrogens with two attached hydrogens (primary N) is 1. The zero-order chi connectivity index (χ0) is 15.7. The van der Waals surface area contributed by atoms with Crippen molar-refractivity contribution in [1.29, 1.82) is 0 Å². The third-order valence-corrected chi connectivity index (χ3v) is 3.48. The quantitative estimate of drug-likeness (QED) is 0.892. The normalized spacial score (nSPS) is 14.2. The van der Waals surface area contributed by atoms with Gasteiger partial charge in [0.1, 0.15) is 6.10 Å². The number of primary amides is 1. The summed E-state index contributed by atoms with van der Waals surface area (Å²) in [4.78, 5) is 11.0. The van der Waals surface area contributed by atoms with Crippen LogP contribution >= 0.6 is 0 Å². The highest BCUT2D eigenvalue weighted by Gasteiger charge is 2.21. The number of amides is 1. The van der Waals surface area contributed by atoms with E-state index < -0.39 is 12.0 Å². The van der Waals surface area contributed by atoms with Crippen molar-refractivity contribution in [3.05, 3.63) is 34.9 Å². The summed E-state index contributed by atoms with van der Waals surface area (Å²) >= 11 is 0. The molecule has 0 radical (unpaired) electrons. The van der Waals surface area contributed by atoms with Crippen LogP contribution in [0.2, 0.25) is 0 Å². The lowest BCUT2D eigenvalue weighted by atomic mass is 9.79. The van der Waals surface area contributed by atoms with Gasteiger partial charge in [0.05, 0.1) is 0 Å². The summed E-state index contributed by atoms with van der Waals surface area (Å²) in [6.07, 6.45) is -0.861. The summed E-state index contributed by atoms with van der Waals surface area (Å²) in [5.74, 6) is -0.677. The molecule has 1 unspecified atom stereocenters. The van der Waals surface area contributed by atoms with Gasteiger partial charge < -0.3 is 10.8 Å². The van der Waals surface area contributed by atoms with Crippen LogP contribution in [0, 0.1) is 0 Å². The number of rotatable bonds is 3. The van der Waals surface area contributed by atoms with E-state index in [1.165, 1.54) is 11.1 Å². The molecule has 0 spiro atoms. The van der Waals surface area contributed by atoms with Crippen molar-refractivity contribution in [2.75, 3.05) is 0 Å². The minimum atomic E-state index is -1.13. The number of carbonyl (C=O) groups excluding carboxylic acids is 1. The van der Waals surface area contributed by atoms with Crippen LogP contribution in [0.3, 0.4) is 0 Å². The molecule has 0 saturated carbocycles. The lowest BCUT2D eigenvalue weighted by Gasteiger charge is -2.26. The zero-order valence-electron chi connectivity index (χ0n) is 13.4. The van der Waals surface area contributed by atoms with Crippen molar-refractivity contribution in [3.63, 3.8) is 0 Å². The summed E-state index contributed by atoms with van der Waals surface area (Å²) in [5.41, 5.74) is 8.55. The standard InChI is InChI=1S/C17H27NO2/c1-16(2,3)12-7-11(9-14(19)15(18)20)8-13(10-12)17(4,5)6/h7-8,10,14,19H,9H2,1-6H3,(H2,18,20). The Morgan fingerprint density at radius 1 is 1.05 bits per heavy atom. The molecule has 3 heteroatoms. The monoisotopic (exact) mass is 277 g/mol. The molecule has 0 aliphatic rings. The molecular weight excluding hydrogens is 250 g/mol. The zero-order valence-corrected chi connectivity index (χ0v) is 13.4. The molecule has 0 aliphatic heterocycles. The summed E-state index contributed by atoms with van der Waals surface area (Å²) in [7, 11) is 0. The SMILES string of the molecule is CC(C)(C)c1cc(CC(O)C(N)=O)cc(C(C)(C)C)c1. The first kappa shape index (κ1) is 16.7. The predicted molar refractivity (Wildman–Crippen MR) is 82.7 cm³/mol. The second-order valence-electron chi connectivity index (χ2n) is 7.54. The molecule has 0 heterocycles. The second kappa shape index (κ2) is 5.57. The van der Waals surface area contributed by atoms with Gasteiger partial charge in [-0.15, -0.1) is 0 Å². The average molecular weight is 277 g/mol. The van der Waals surface area contributed by atoms with Crippen LogP contribution in [0.25, 0.3) is 0 Å². The van der Waals surface area contributed by atoms with Gasteiger partial charge in [0.25, 0.3) is 0 Å². The first-order valence-corrected chi connectivity index (χ1v) is 7.03. The Kier molecular flexibility index (Phi) is 4.65. The minimum Gasteiger partial charge on any atom is -0.383 e. The molecule has 1 atom stereocenters. The fourth-order valence-electron chi connectivity index (χ4n) is 2.00. The van der Waals surface area contributed by atoms with E-state index in [2.05, 4.69) is 59.7 Å². The molecule has 0 bridgehead atoms. The Morgan fingerprint density at radius 3 is 1.75 bits per heavy atom. The van der Waals surface area contributed by atoms with Gasteiger partial charge in [0, 0.05) is 6.42 Å². The van der Waals surface area contributed by atoms with Gasteiger partial charge in [0.15, 0.2) is 0 Å². The highest BCUT2D eigenvalue weighted by molar-refractivity contribution is 5.78. The Bertz CT molecular complexity index is 460. The smallest absolute Gasteiger partial charge is 0.246 e. The van der Waals surface area contributed by atoms with Gasteiger partial charge in [-0.1, -0.05) is 59.7 Å². The van der Waals surface area contributed by atoms with Gasteiger partial charge in [-0.25, -0.2) is 0 Å². The minimum absolute atomic E-state index is 0.0215. The molecule has 3 N–H and O–H groups in total. The van der Waals surface area contributed by atoms with Crippen LogP contribution in [-0.4, -0.2) is 17.1 Å². The molecule has 0 fully saturated rings. The van der Waals surface area contributed by atoms with Gasteiger partial charge in [0.2, 0.25) is 5.91 Å². The van der Waals surface area contributed by atoms with Crippen LogP contribution in [0.1, 0.15) is 58.2 Å². The Balaban J connectivity index is 3.28. The fourth-order valence-corrected chi connectivity index (χ4v) is 2.00. The number of aliphatic hydroxyl groups is 1. The number of hydrogen-bond donors (Lipinski definition) is 2. The van der Waals surface area contributed by atoms with Crippen LogP contribution < -0.4 is 5.73 Å². The Hall–Kier alpha value is -1.35. The molecule has 112 valence electrons. The molecule has 0 saturated heterocycles. The van der Waals surface area contributed by atoms with Crippen molar-refractivity contribution in [2.24, 2.45) is 5.73 Å². The molecule has 1 aromatic carbocycles. The van der Waals surface area contributed by atoms with E-state index in [1.807, 2.05) is 0 Å². The molecule has 1 rings (SSSR count). The van der Waals surface area contributed by atoms with E-state index in [0.717, 1.165) is 5.56 Å². The average Bonchev–Trinajstić information content (AvgIpc) is 2.26. The summed E-state index contributed by atoms with van der Waals surface area (Å²) in [6.45, 7) is 12.9. The van der Waals surface area contributed by atoms with Gasteiger partial charge in [-0.2, -0.15) is 0 Å². The fraction of sp³-hybridized carbons (Fsp3) is 0.588. The Morgan fingerprint density at radius 2 is 1.45 bits per heavy atom. The highest BCUT2D eigenvalue weighted by Crippen LogP contribution is 2.30. The van der Waals surface area contributed by atoms with Gasteiger partial charge in [-0.3, -0.25) is 4.79 Å². The summed E-state index contributed by atoms with van der Waals surface area (Å²) in [6, 6.07) is 6.32. The van der Waals surface area contributed by atoms with Gasteiger partial charge >= 0.3 is 0 Å². The maximum absolute atomic E-state index is 11.0. The second-order valence-corrected chi connectivity index (χ2v) is 7.54. The van der Waals surface area contributed by atoms with Crippen LogP contribution in [0.15, 0.2) is 18.2 Å². The largest absolute Gasteiger partial charge is 0.383 e. The van der Waals surface area contributed by atoms with Gasteiger partial charge in [-0.05, 0) is 27.5 Å². The van der Waals surface area contributed by atoms with Crippen molar-refractivity contribution in [3.8, 4) is 0 Å². The van der Waals surface area contributed by atoms with Crippen LogP contribution in [-0.2, 0) is 22.0 Å². The number of hydrogen-bond acceptors (Lipinski definition) is 2. The number of aliphatic hydroxyl groups excluding tert-OH is 1. The van der Waals surface area contributed by atoms with E-state index in [-0.39, 0.29) is 17.3 Å². The topological polar surface area (TPSA) is 63.3 Å². The number of carbonyl (C=O) groups is 1. The summed E-state index contributed by atoms with van der Waals surface area (Å²) in [5, 5.41) is 9.69. The third kappa shape index (κ3) is 4.34. The first-order chi connectivity index (χ1) is 8.91. The van der Waals surface area contributed by atoms with E-state index in [0.29, 0.717) is 0 Å². The maximum Gasteiger partial charge on any atom is 0.246 e. The molecule has 0 aliphatic carbocycles. The van der Waals surface area contributed by atoms with Crippen molar-refractivity contribution in [2.45, 2.75) is 64.9 Å². The van der Waals surface area contributed by atoms with E-state index in [1.54, 1.807) is 0 Å². The van der Waals surface area contributed by atoms with E-state index in [4.69, 9.17) is 5.73 Å².